The van der Waals surface area contributed by atoms with Crippen molar-refractivity contribution in [2.45, 2.75) is 25.3 Å². The number of nitrogen functional groups attached to an aromatic ring is 1. The van der Waals surface area contributed by atoms with E-state index in [1.54, 1.807) is 18.3 Å². The van der Waals surface area contributed by atoms with Crippen LogP contribution in [0.15, 0.2) is 36.5 Å². The predicted molar refractivity (Wildman–Crippen MR) is 79.1 cm³/mol. The molecule has 1 atom stereocenters. The zero-order valence-corrected chi connectivity index (χ0v) is 11.1. The Labute approximate surface area is 118 Å². The minimum absolute atomic E-state index is 0.196. The van der Waals surface area contributed by atoms with E-state index < -0.39 is 0 Å². The van der Waals surface area contributed by atoms with Crippen LogP contribution in [0.3, 0.4) is 0 Å². The summed E-state index contributed by atoms with van der Waals surface area (Å²) in [6.45, 7) is 0. The first-order valence-electron chi connectivity index (χ1n) is 6.78. The Hall–Kier alpha value is -2.54. The molecule has 0 spiro atoms. The summed E-state index contributed by atoms with van der Waals surface area (Å²) in [5, 5.41) is 12.5. The third-order valence-corrected chi connectivity index (χ3v) is 3.72. The monoisotopic (exact) mass is 264 g/mol. The van der Waals surface area contributed by atoms with E-state index in [2.05, 4.69) is 22.4 Å². The second kappa shape index (κ2) is 5.22. The summed E-state index contributed by atoms with van der Waals surface area (Å²) in [5.41, 5.74) is 9.79. The van der Waals surface area contributed by atoms with Crippen molar-refractivity contribution in [3.05, 3.63) is 53.2 Å². The first-order valence-corrected chi connectivity index (χ1v) is 6.78. The van der Waals surface area contributed by atoms with Crippen LogP contribution >= 0.6 is 0 Å². The van der Waals surface area contributed by atoms with E-state index in [1.165, 1.54) is 11.1 Å². The topological polar surface area (TPSA) is 74.7 Å². The summed E-state index contributed by atoms with van der Waals surface area (Å²) in [6.07, 6.45) is 4.92. The maximum atomic E-state index is 9.13. The first kappa shape index (κ1) is 12.5. The Bertz CT molecular complexity index is 672. The van der Waals surface area contributed by atoms with Crippen LogP contribution in [0.4, 0.5) is 11.5 Å². The summed E-state index contributed by atoms with van der Waals surface area (Å²) in [5.74, 6) is 0.657. The number of aryl methyl sites for hydroxylation is 1. The number of hydrogen-bond acceptors (Lipinski definition) is 4. The maximum absolute atomic E-state index is 9.13. The van der Waals surface area contributed by atoms with Gasteiger partial charge in [-0.15, -0.1) is 0 Å². The largest absolute Gasteiger partial charge is 0.399 e. The molecule has 0 saturated carbocycles. The average Bonchev–Trinajstić information content (AvgIpc) is 2.47. The number of fused-ring (bicyclic) bond motifs is 1. The highest BCUT2D eigenvalue weighted by Crippen LogP contribution is 2.33. The number of aromatic nitrogens is 1. The van der Waals surface area contributed by atoms with E-state index in [-0.39, 0.29) is 6.04 Å². The van der Waals surface area contributed by atoms with Crippen LogP contribution in [0.5, 0.6) is 0 Å². The van der Waals surface area contributed by atoms with Gasteiger partial charge in [0, 0.05) is 11.9 Å². The van der Waals surface area contributed by atoms with Crippen LogP contribution in [0.2, 0.25) is 0 Å². The molecule has 4 nitrogen and oxygen atoms in total. The van der Waals surface area contributed by atoms with Gasteiger partial charge in [-0.2, -0.15) is 5.26 Å². The van der Waals surface area contributed by atoms with Crippen LogP contribution in [-0.2, 0) is 6.42 Å². The molecule has 1 heterocycles. The minimum Gasteiger partial charge on any atom is -0.399 e. The molecule has 100 valence electrons. The summed E-state index contributed by atoms with van der Waals surface area (Å²) in [6, 6.07) is 12.0. The van der Waals surface area contributed by atoms with Crippen molar-refractivity contribution in [2.24, 2.45) is 0 Å². The number of nitrogens with zero attached hydrogens (tertiary/aromatic N) is 2. The fourth-order valence-corrected chi connectivity index (χ4v) is 2.76. The fourth-order valence-electron chi connectivity index (χ4n) is 2.76. The third-order valence-electron chi connectivity index (χ3n) is 3.72. The molecule has 0 fully saturated rings. The van der Waals surface area contributed by atoms with Gasteiger partial charge in [0.15, 0.2) is 0 Å². The van der Waals surface area contributed by atoms with Gasteiger partial charge in [0.05, 0.1) is 11.6 Å². The quantitative estimate of drug-likeness (QED) is 0.817. The highest BCUT2D eigenvalue weighted by atomic mass is 15.0. The summed E-state index contributed by atoms with van der Waals surface area (Å²) in [4.78, 5) is 4.28. The lowest BCUT2D eigenvalue weighted by molar-refractivity contribution is 0.599. The lowest BCUT2D eigenvalue weighted by atomic mass is 9.87. The number of nitrogens with two attached hydrogens (primary N) is 1. The molecular weight excluding hydrogens is 248 g/mol. The molecular formula is C16H16N4. The van der Waals surface area contributed by atoms with E-state index in [4.69, 9.17) is 11.0 Å². The molecule has 2 aromatic rings. The number of rotatable bonds is 2. The van der Waals surface area contributed by atoms with E-state index in [1.807, 2.05) is 12.1 Å². The second-order valence-corrected chi connectivity index (χ2v) is 5.06. The molecule has 0 radical (unpaired) electrons. The van der Waals surface area contributed by atoms with Crippen molar-refractivity contribution in [3.63, 3.8) is 0 Å². The predicted octanol–water partition coefficient (Wildman–Crippen LogP) is 3.02. The van der Waals surface area contributed by atoms with E-state index in [0.717, 1.165) is 24.9 Å². The van der Waals surface area contributed by atoms with Crippen LogP contribution in [0.1, 0.15) is 35.6 Å². The third kappa shape index (κ3) is 2.30. The van der Waals surface area contributed by atoms with E-state index in [0.29, 0.717) is 11.4 Å². The van der Waals surface area contributed by atoms with E-state index >= 15 is 0 Å². The standard InChI is InChI=1S/C16H16N4/c17-10-12-4-2-8-19-16(12)20-15-5-1-3-11-9-13(18)6-7-14(11)15/h2,4,6-9,15H,1,3,5,18H2,(H,19,20). The SMILES string of the molecule is N#Cc1cccnc1NC1CCCc2cc(N)ccc21. The van der Waals surface area contributed by atoms with Crippen LogP contribution in [-0.4, -0.2) is 4.98 Å². The highest BCUT2D eigenvalue weighted by molar-refractivity contribution is 5.54. The Morgan fingerprint density at radius 3 is 3.10 bits per heavy atom. The highest BCUT2D eigenvalue weighted by Gasteiger charge is 2.21. The summed E-state index contributed by atoms with van der Waals surface area (Å²) in [7, 11) is 0. The van der Waals surface area contributed by atoms with Gasteiger partial charge >= 0.3 is 0 Å². The number of nitriles is 1. The molecule has 1 unspecified atom stereocenters. The lowest BCUT2D eigenvalue weighted by Crippen LogP contribution is -2.18. The number of nitrogens with one attached hydrogen (secondary N) is 1. The van der Waals surface area contributed by atoms with Crippen molar-refractivity contribution in [2.75, 3.05) is 11.1 Å². The second-order valence-electron chi connectivity index (χ2n) is 5.06. The van der Waals surface area contributed by atoms with Gasteiger partial charge in [0.25, 0.3) is 0 Å². The zero-order chi connectivity index (χ0) is 13.9. The Morgan fingerprint density at radius 2 is 2.25 bits per heavy atom. The number of anilines is 2. The van der Waals surface area contributed by atoms with Gasteiger partial charge in [0.2, 0.25) is 0 Å². The molecule has 3 N–H and O–H groups in total. The molecule has 0 bridgehead atoms. The van der Waals surface area contributed by atoms with E-state index in [9.17, 15) is 0 Å². The lowest BCUT2D eigenvalue weighted by Gasteiger charge is -2.27. The molecule has 1 aliphatic rings. The molecule has 1 aliphatic carbocycles. The molecule has 20 heavy (non-hydrogen) atoms. The molecule has 1 aromatic carbocycles. The zero-order valence-electron chi connectivity index (χ0n) is 11.1. The van der Waals surface area contributed by atoms with Crippen molar-refractivity contribution in [3.8, 4) is 6.07 Å². The van der Waals surface area contributed by atoms with Crippen molar-refractivity contribution in [1.82, 2.24) is 4.98 Å². The van der Waals surface area contributed by atoms with Crippen molar-refractivity contribution >= 4 is 11.5 Å². The molecule has 0 aliphatic heterocycles. The van der Waals surface area contributed by atoms with Gasteiger partial charge in [-0.05, 0) is 54.7 Å². The first-order chi connectivity index (χ1) is 9.78. The van der Waals surface area contributed by atoms with Crippen LogP contribution in [0, 0.1) is 11.3 Å². The number of hydrogen-bond donors (Lipinski definition) is 2. The smallest absolute Gasteiger partial charge is 0.144 e. The van der Waals surface area contributed by atoms with Crippen LogP contribution in [0.25, 0.3) is 0 Å². The van der Waals surface area contributed by atoms with Crippen LogP contribution < -0.4 is 11.1 Å². The maximum Gasteiger partial charge on any atom is 0.144 e. The van der Waals surface area contributed by atoms with Gasteiger partial charge < -0.3 is 11.1 Å². The molecule has 0 saturated heterocycles. The Balaban J connectivity index is 1.92. The van der Waals surface area contributed by atoms with Gasteiger partial charge in [-0.25, -0.2) is 4.98 Å². The Morgan fingerprint density at radius 1 is 1.35 bits per heavy atom. The van der Waals surface area contributed by atoms with Gasteiger partial charge in [-0.3, -0.25) is 0 Å². The van der Waals surface area contributed by atoms with Crippen molar-refractivity contribution in [1.29, 1.82) is 5.26 Å². The molecule has 1 aromatic heterocycles. The molecule has 4 heteroatoms. The fraction of sp³-hybridized carbons (Fsp3) is 0.250. The van der Waals surface area contributed by atoms with Crippen molar-refractivity contribution < 1.29 is 0 Å². The van der Waals surface area contributed by atoms with Gasteiger partial charge in [0.1, 0.15) is 11.9 Å². The average molecular weight is 264 g/mol. The van der Waals surface area contributed by atoms with Gasteiger partial charge in [-0.1, -0.05) is 6.07 Å². The summed E-state index contributed by atoms with van der Waals surface area (Å²) < 4.78 is 0. The minimum atomic E-state index is 0.196. The Kier molecular flexibility index (Phi) is 3.26. The number of benzene rings is 1. The number of pyridine rings is 1. The molecule has 3 rings (SSSR count). The normalized spacial score (nSPS) is 17.1. The molecule has 0 amide bonds. The summed E-state index contributed by atoms with van der Waals surface area (Å²) >= 11 is 0.